The molecule has 1 aromatic rings. The van der Waals surface area contributed by atoms with E-state index in [1.54, 1.807) is 0 Å². The lowest BCUT2D eigenvalue weighted by Gasteiger charge is -2.55. The third-order valence-electron chi connectivity index (χ3n) is 6.82. The molecule has 4 rings (SSSR count). The number of hydrogen-bond donors (Lipinski definition) is 1. The first kappa shape index (κ1) is 17.1. The number of aryl methyl sites for hydroxylation is 1. The molecule has 0 aromatic carbocycles. The van der Waals surface area contributed by atoms with E-state index in [1.807, 2.05) is 6.92 Å². The first-order chi connectivity index (χ1) is 12.1. The van der Waals surface area contributed by atoms with Crippen molar-refractivity contribution in [3.8, 4) is 0 Å². The van der Waals surface area contributed by atoms with Gasteiger partial charge in [-0.25, -0.2) is 4.98 Å². The van der Waals surface area contributed by atoms with Gasteiger partial charge in [-0.2, -0.15) is 4.98 Å². The third kappa shape index (κ3) is 3.12. The smallest absolute Gasteiger partial charge is 0.222 e. The summed E-state index contributed by atoms with van der Waals surface area (Å²) >= 11 is 0. The number of nitrogen functional groups attached to an aromatic ring is 1. The SMILES string of the molecule is CCC[C@H]1CCC[C@H]2[C@@H]3C[C@@H](CN(c4nc(N)nc(C)c4C)C3)CN12. The third-order valence-corrected chi connectivity index (χ3v) is 6.82. The van der Waals surface area contributed by atoms with Crippen LogP contribution in [0.4, 0.5) is 11.8 Å². The number of anilines is 2. The maximum absolute atomic E-state index is 5.95. The van der Waals surface area contributed by atoms with Crippen molar-refractivity contribution in [1.82, 2.24) is 14.9 Å². The van der Waals surface area contributed by atoms with Gasteiger partial charge in [0.25, 0.3) is 0 Å². The van der Waals surface area contributed by atoms with Gasteiger partial charge < -0.3 is 10.6 Å². The van der Waals surface area contributed by atoms with Crippen molar-refractivity contribution in [3.05, 3.63) is 11.3 Å². The van der Waals surface area contributed by atoms with E-state index in [-0.39, 0.29) is 0 Å². The van der Waals surface area contributed by atoms with E-state index in [0.717, 1.165) is 48.5 Å². The summed E-state index contributed by atoms with van der Waals surface area (Å²) in [5.41, 5.74) is 8.16. The predicted octanol–water partition coefficient (Wildman–Crippen LogP) is 3.15. The Kier molecular flexibility index (Phi) is 4.61. The molecule has 4 heterocycles. The molecule has 5 heteroatoms. The molecule has 5 nitrogen and oxygen atoms in total. The summed E-state index contributed by atoms with van der Waals surface area (Å²) in [6, 6.07) is 1.62. The fourth-order valence-electron chi connectivity index (χ4n) is 5.67. The average Bonchev–Trinajstić information content (AvgIpc) is 2.59. The Balaban J connectivity index is 1.57. The first-order valence-electron chi connectivity index (χ1n) is 10.2. The summed E-state index contributed by atoms with van der Waals surface area (Å²) in [5.74, 6) is 3.04. The van der Waals surface area contributed by atoms with Crippen molar-refractivity contribution in [2.45, 2.75) is 71.4 Å². The van der Waals surface area contributed by atoms with Crippen LogP contribution >= 0.6 is 0 Å². The average molecular weight is 344 g/mol. The van der Waals surface area contributed by atoms with Gasteiger partial charge in [0.05, 0.1) is 0 Å². The topological polar surface area (TPSA) is 58.3 Å². The quantitative estimate of drug-likeness (QED) is 0.913. The van der Waals surface area contributed by atoms with Gasteiger partial charge in [-0.15, -0.1) is 0 Å². The minimum absolute atomic E-state index is 0.413. The van der Waals surface area contributed by atoms with Crippen molar-refractivity contribution < 1.29 is 0 Å². The zero-order chi connectivity index (χ0) is 17.6. The minimum Gasteiger partial charge on any atom is -0.368 e. The van der Waals surface area contributed by atoms with Gasteiger partial charge in [0.1, 0.15) is 5.82 Å². The minimum atomic E-state index is 0.413. The summed E-state index contributed by atoms with van der Waals surface area (Å²) in [4.78, 5) is 14.4. The first-order valence-corrected chi connectivity index (χ1v) is 10.2. The molecular weight excluding hydrogens is 310 g/mol. The van der Waals surface area contributed by atoms with Crippen LogP contribution in [0, 0.1) is 25.7 Å². The van der Waals surface area contributed by atoms with Gasteiger partial charge in [0.2, 0.25) is 5.95 Å². The van der Waals surface area contributed by atoms with Crippen LogP contribution in [0.25, 0.3) is 0 Å². The van der Waals surface area contributed by atoms with Gasteiger partial charge in [-0.3, -0.25) is 4.90 Å². The summed E-state index contributed by atoms with van der Waals surface area (Å²) in [6.07, 6.45) is 8.29. The second kappa shape index (κ2) is 6.75. The summed E-state index contributed by atoms with van der Waals surface area (Å²) in [7, 11) is 0. The van der Waals surface area contributed by atoms with E-state index in [2.05, 4.69) is 33.6 Å². The molecule has 0 amide bonds. The van der Waals surface area contributed by atoms with Gasteiger partial charge >= 0.3 is 0 Å². The maximum Gasteiger partial charge on any atom is 0.222 e. The molecule has 2 N–H and O–H groups in total. The van der Waals surface area contributed by atoms with Crippen molar-refractivity contribution in [3.63, 3.8) is 0 Å². The van der Waals surface area contributed by atoms with Crippen LogP contribution in [0.1, 0.15) is 56.7 Å². The highest BCUT2D eigenvalue weighted by Gasteiger charge is 2.44. The van der Waals surface area contributed by atoms with Crippen LogP contribution < -0.4 is 10.6 Å². The number of piperidine rings is 3. The molecule has 0 aliphatic carbocycles. The Morgan fingerprint density at radius 3 is 2.76 bits per heavy atom. The Morgan fingerprint density at radius 1 is 1.12 bits per heavy atom. The summed E-state index contributed by atoms with van der Waals surface area (Å²) in [5, 5.41) is 0. The monoisotopic (exact) mass is 343 g/mol. The molecule has 1 aromatic heterocycles. The molecule has 0 saturated carbocycles. The van der Waals surface area contributed by atoms with Crippen molar-refractivity contribution in [2.24, 2.45) is 11.8 Å². The normalized spacial score (nSPS) is 32.5. The van der Waals surface area contributed by atoms with Crippen LogP contribution in [-0.2, 0) is 0 Å². The van der Waals surface area contributed by atoms with Crippen molar-refractivity contribution >= 4 is 11.8 Å². The Bertz CT molecular complexity index is 629. The maximum atomic E-state index is 5.95. The van der Waals surface area contributed by atoms with Crippen LogP contribution in [0.2, 0.25) is 0 Å². The van der Waals surface area contributed by atoms with Crippen molar-refractivity contribution in [2.75, 3.05) is 30.3 Å². The fourth-order valence-corrected chi connectivity index (χ4v) is 5.67. The highest BCUT2D eigenvalue weighted by molar-refractivity contribution is 5.51. The molecule has 0 spiro atoms. The molecule has 2 bridgehead atoms. The van der Waals surface area contributed by atoms with E-state index in [1.165, 1.54) is 50.6 Å². The van der Waals surface area contributed by atoms with Gasteiger partial charge in [0.15, 0.2) is 0 Å². The standard InChI is InChI=1S/C20H33N5/c1-4-6-17-7-5-8-18-16-9-15(11-25(17)18)10-24(12-16)19-13(2)14(3)22-20(21)23-19/h15-18H,4-12H2,1-3H3,(H2,21,22,23)/t15-,16+,17-,18-/m0/s1. The molecule has 3 fully saturated rings. The summed E-state index contributed by atoms with van der Waals surface area (Å²) in [6.45, 7) is 10.0. The number of hydrogen-bond acceptors (Lipinski definition) is 5. The number of aromatic nitrogens is 2. The molecule has 3 aliphatic heterocycles. The van der Waals surface area contributed by atoms with Crippen molar-refractivity contribution in [1.29, 1.82) is 0 Å². The molecule has 138 valence electrons. The second-order valence-electron chi connectivity index (χ2n) is 8.52. The molecule has 3 aliphatic rings. The van der Waals surface area contributed by atoms with E-state index >= 15 is 0 Å². The number of fused-ring (bicyclic) bond motifs is 4. The van der Waals surface area contributed by atoms with E-state index in [0.29, 0.717) is 5.95 Å². The molecule has 0 radical (unpaired) electrons. The Hall–Kier alpha value is -1.36. The lowest BCUT2D eigenvalue weighted by molar-refractivity contribution is -0.0216. The lowest BCUT2D eigenvalue weighted by atomic mass is 9.74. The number of nitrogens with zero attached hydrogens (tertiary/aromatic N) is 4. The predicted molar refractivity (Wildman–Crippen MR) is 103 cm³/mol. The van der Waals surface area contributed by atoms with Gasteiger partial charge in [-0.1, -0.05) is 19.8 Å². The Labute approximate surface area is 152 Å². The second-order valence-corrected chi connectivity index (χ2v) is 8.52. The highest BCUT2D eigenvalue weighted by atomic mass is 15.3. The van der Waals surface area contributed by atoms with Crippen LogP contribution in [0.3, 0.4) is 0 Å². The van der Waals surface area contributed by atoms with Gasteiger partial charge in [-0.05, 0) is 51.4 Å². The van der Waals surface area contributed by atoms with E-state index < -0.39 is 0 Å². The molecule has 0 unspecified atom stereocenters. The molecule has 3 saturated heterocycles. The summed E-state index contributed by atoms with van der Waals surface area (Å²) < 4.78 is 0. The molecular formula is C20H33N5. The van der Waals surface area contributed by atoms with Gasteiger partial charge in [0, 0.05) is 43.0 Å². The van der Waals surface area contributed by atoms with E-state index in [9.17, 15) is 0 Å². The lowest BCUT2D eigenvalue weighted by Crippen LogP contribution is -2.61. The van der Waals surface area contributed by atoms with Crippen LogP contribution in [-0.4, -0.2) is 46.6 Å². The molecule has 4 atom stereocenters. The Morgan fingerprint density at radius 2 is 1.96 bits per heavy atom. The van der Waals surface area contributed by atoms with Crippen LogP contribution in [0.15, 0.2) is 0 Å². The molecule has 25 heavy (non-hydrogen) atoms. The number of nitrogens with two attached hydrogens (primary N) is 1. The zero-order valence-electron chi connectivity index (χ0n) is 16.0. The highest BCUT2D eigenvalue weighted by Crippen LogP contribution is 2.41. The van der Waals surface area contributed by atoms with E-state index in [4.69, 9.17) is 5.73 Å². The largest absolute Gasteiger partial charge is 0.368 e. The zero-order valence-corrected chi connectivity index (χ0v) is 16.0. The fraction of sp³-hybridized carbons (Fsp3) is 0.800. The number of rotatable bonds is 3. The van der Waals surface area contributed by atoms with Crippen LogP contribution in [0.5, 0.6) is 0 Å².